The lowest BCUT2D eigenvalue weighted by Crippen LogP contribution is -2.17. The summed E-state index contributed by atoms with van der Waals surface area (Å²) >= 11 is 0. The van der Waals surface area contributed by atoms with Gasteiger partial charge in [-0.2, -0.15) is 5.10 Å². The minimum atomic E-state index is -0.514. The molecule has 0 aliphatic carbocycles. The highest BCUT2D eigenvalue weighted by Gasteiger charge is 2.08. The second-order valence-corrected chi connectivity index (χ2v) is 4.60. The number of non-ortho nitro benzene ring substituents is 1. The maximum absolute atomic E-state index is 11.8. The van der Waals surface area contributed by atoms with Crippen LogP contribution in [0.2, 0.25) is 0 Å². The Morgan fingerprint density at radius 3 is 2.36 bits per heavy atom. The van der Waals surface area contributed by atoms with Gasteiger partial charge in [-0.1, -0.05) is 31.2 Å². The molecular weight excluding hydrogens is 282 g/mol. The molecule has 0 fully saturated rings. The summed E-state index contributed by atoms with van der Waals surface area (Å²) in [6, 6.07) is 13.2. The maximum Gasteiger partial charge on any atom is 0.271 e. The van der Waals surface area contributed by atoms with Crippen molar-refractivity contribution in [1.82, 2.24) is 5.43 Å². The second kappa shape index (κ2) is 7.12. The summed E-state index contributed by atoms with van der Waals surface area (Å²) in [5.74, 6) is -0.420. The highest BCUT2D eigenvalue weighted by Crippen LogP contribution is 2.11. The van der Waals surface area contributed by atoms with Gasteiger partial charge in [-0.15, -0.1) is 0 Å². The summed E-state index contributed by atoms with van der Waals surface area (Å²) in [6.07, 6.45) is 2.51. The van der Waals surface area contributed by atoms with E-state index in [1.54, 1.807) is 6.21 Å². The van der Waals surface area contributed by atoms with E-state index in [1.165, 1.54) is 29.8 Å². The van der Waals surface area contributed by atoms with Gasteiger partial charge >= 0.3 is 0 Å². The molecule has 0 bridgehead atoms. The number of benzene rings is 2. The molecule has 2 aromatic carbocycles. The van der Waals surface area contributed by atoms with Gasteiger partial charge in [0.2, 0.25) is 0 Å². The van der Waals surface area contributed by atoms with Gasteiger partial charge in [0.25, 0.3) is 11.6 Å². The number of hydrazone groups is 1. The van der Waals surface area contributed by atoms with E-state index in [9.17, 15) is 14.9 Å². The van der Waals surface area contributed by atoms with E-state index in [-0.39, 0.29) is 5.69 Å². The average Bonchev–Trinajstić information content (AvgIpc) is 2.55. The highest BCUT2D eigenvalue weighted by molar-refractivity contribution is 5.95. The van der Waals surface area contributed by atoms with E-state index >= 15 is 0 Å². The number of hydrogen-bond acceptors (Lipinski definition) is 4. The minimum absolute atomic E-state index is 0.0592. The quantitative estimate of drug-likeness (QED) is 0.523. The summed E-state index contributed by atoms with van der Waals surface area (Å²) in [4.78, 5) is 21.8. The van der Waals surface area contributed by atoms with Gasteiger partial charge < -0.3 is 0 Å². The largest absolute Gasteiger partial charge is 0.271 e. The molecule has 0 saturated carbocycles. The van der Waals surface area contributed by atoms with Crippen LogP contribution in [0.15, 0.2) is 53.6 Å². The number of carbonyl (C=O) groups is 1. The normalized spacial score (nSPS) is 10.6. The van der Waals surface area contributed by atoms with Crippen molar-refractivity contribution in [2.24, 2.45) is 5.10 Å². The molecule has 0 aromatic heterocycles. The molecule has 0 saturated heterocycles. The van der Waals surface area contributed by atoms with Crippen LogP contribution in [-0.4, -0.2) is 17.0 Å². The fourth-order valence-corrected chi connectivity index (χ4v) is 1.80. The molecule has 112 valence electrons. The molecule has 0 aliphatic rings. The van der Waals surface area contributed by atoms with Gasteiger partial charge in [0.15, 0.2) is 0 Å². The predicted octanol–water partition coefficient (Wildman–Crippen LogP) is 2.92. The molecule has 1 amide bonds. The number of aryl methyl sites for hydroxylation is 1. The molecule has 0 aliphatic heterocycles. The van der Waals surface area contributed by atoms with Crippen molar-refractivity contribution in [2.45, 2.75) is 13.3 Å². The number of carbonyl (C=O) groups excluding carboxylic acids is 1. The van der Waals surface area contributed by atoms with Crippen molar-refractivity contribution in [3.63, 3.8) is 0 Å². The van der Waals surface area contributed by atoms with E-state index in [4.69, 9.17) is 0 Å². The molecule has 0 unspecified atom stereocenters. The zero-order valence-electron chi connectivity index (χ0n) is 12.0. The molecule has 6 heteroatoms. The molecule has 0 spiro atoms. The Kier molecular flexibility index (Phi) is 4.98. The molecule has 2 aromatic rings. The molecule has 1 N–H and O–H groups in total. The van der Waals surface area contributed by atoms with Gasteiger partial charge in [-0.25, -0.2) is 5.43 Å². The molecular formula is C16H15N3O3. The first-order chi connectivity index (χ1) is 10.6. The monoisotopic (exact) mass is 297 g/mol. The Morgan fingerprint density at radius 1 is 1.18 bits per heavy atom. The standard InChI is InChI=1S/C16H15N3O3/c1-2-12-3-5-13(6-4-12)11-17-18-16(20)14-7-9-15(10-8-14)19(21)22/h3-11H,2H2,1H3,(H,18,20). The topological polar surface area (TPSA) is 84.6 Å². The van der Waals surface area contributed by atoms with Crippen molar-refractivity contribution in [2.75, 3.05) is 0 Å². The Morgan fingerprint density at radius 2 is 1.82 bits per heavy atom. The maximum atomic E-state index is 11.8. The predicted molar refractivity (Wildman–Crippen MR) is 84.0 cm³/mol. The summed E-state index contributed by atoms with van der Waals surface area (Å²) in [5, 5.41) is 14.4. The second-order valence-electron chi connectivity index (χ2n) is 4.60. The Bertz CT molecular complexity index is 692. The van der Waals surface area contributed by atoms with Gasteiger partial charge in [-0.05, 0) is 29.7 Å². The van der Waals surface area contributed by atoms with Crippen LogP contribution in [-0.2, 0) is 6.42 Å². The van der Waals surface area contributed by atoms with Crippen LogP contribution in [0.1, 0.15) is 28.4 Å². The first kappa shape index (κ1) is 15.4. The lowest BCUT2D eigenvalue weighted by molar-refractivity contribution is -0.384. The van der Waals surface area contributed by atoms with Gasteiger partial charge in [0.05, 0.1) is 11.1 Å². The first-order valence-electron chi connectivity index (χ1n) is 6.77. The number of nitrogens with one attached hydrogen (secondary N) is 1. The summed E-state index contributed by atoms with van der Waals surface area (Å²) < 4.78 is 0. The fraction of sp³-hybridized carbons (Fsp3) is 0.125. The van der Waals surface area contributed by atoms with Crippen LogP contribution < -0.4 is 5.43 Å². The number of nitrogens with zero attached hydrogens (tertiary/aromatic N) is 2. The summed E-state index contributed by atoms with van der Waals surface area (Å²) in [6.45, 7) is 2.08. The SMILES string of the molecule is CCc1ccc(C=NNC(=O)c2ccc([N+](=O)[O-])cc2)cc1. The summed E-state index contributed by atoms with van der Waals surface area (Å²) in [5.41, 5.74) is 4.74. The Balaban J connectivity index is 1.96. The van der Waals surface area contributed by atoms with Crippen LogP contribution in [0, 0.1) is 10.1 Å². The van der Waals surface area contributed by atoms with Crippen LogP contribution in [0.3, 0.4) is 0 Å². The third kappa shape index (κ3) is 3.99. The van der Waals surface area contributed by atoms with Crippen molar-refractivity contribution in [1.29, 1.82) is 0 Å². The lowest BCUT2D eigenvalue weighted by atomic mass is 10.1. The number of nitro groups is 1. The van der Waals surface area contributed by atoms with E-state index in [1.807, 2.05) is 24.3 Å². The summed E-state index contributed by atoms with van der Waals surface area (Å²) in [7, 11) is 0. The van der Waals surface area contributed by atoms with Crippen LogP contribution in [0.5, 0.6) is 0 Å². The van der Waals surface area contributed by atoms with Crippen molar-refractivity contribution < 1.29 is 9.72 Å². The van der Waals surface area contributed by atoms with E-state index in [0.29, 0.717) is 5.56 Å². The molecule has 0 heterocycles. The van der Waals surface area contributed by atoms with Crippen molar-refractivity contribution >= 4 is 17.8 Å². The highest BCUT2D eigenvalue weighted by atomic mass is 16.6. The fourth-order valence-electron chi connectivity index (χ4n) is 1.80. The Hall–Kier alpha value is -3.02. The van der Waals surface area contributed by atoms with Gasteiger partial charge in [0.1, 0.15) is 0 Å². The van der Waals surface area contributed by atoms with Gasteiger partial charge in [-0.3, -0.25) is 14.9 Å². The molecule has 22 heavy (non-hydrogen) atoms. The van der Waals surface area contributed by atoms with E-state index < -0.39 is 10.8 Å². The third-order valence-corrected chi connectivity index (χ3v) is 3.11. The third-order valence-electron chi connectivity index (χ3n) is 3.11. The average molecular weight is 297 g/mol. The van der Waals surface area contributed by atoms with Crippen molar-refractivity contribution in [3.05, 3.63) is 75.3 Å². The molecule has 6 nitrogen and oxygen atoms in total. The minimum Gasteiger partial charge on any atom is -0.267 e. The molecule has 0 atom stereocenters. The van der Waals surface area contributed by atoms with Crippen LogP contribution in [0.25, 0.3) is 0 Å². The number of nitro benzene ring substituents is 1. The van der Waals surface area contributed by atoms with Crippen LogP contribution in [0.4, 0.5) is 5.69 Å². The van der Waals surface area contributed by atoms with Crippen molar-refractivity contribution in [3.8, 4) is 0 Å². The Labute approximate surface area is 127 Å². The first-order valence-corrected chi connectivity index (χ1v) is 6.77. The number of amides is 1. The zero-order valence-corrected chi connectivity index (χ0v) is 12.0. The smallest absolute Gasteiger partial charge is 0.267 e. The van der Waals surface area contributed by atoms with E-state index in [0.717, 1.165) is 12.0 Å². The molecule has 2 rings (SSSR count). The molecule has 0 radical (unpaired) electrons. The zero-order chi connectivity index (χ0) is 15.9. The lowest BCUT2D eigenvalue weighted by Gasteiger charge is -2.00. The van der Waals surface area contributed by atoms with Gasteiger partial charge in [0, 0.05) is 17.7 Å². The van der Waals surface area contributed by atoms with Crippen LogP contribution >= 0.6 is 0 Å². The number of hydrogen-bond donors (Lipinski definition) is 1. The van der Waals surface area contributed by atoms with E-state index in [2.05, 4.69) is 17.5 Å². The number of rotatable bonds is 5.